The van der Waals surface area contributed by atoms with Gasteiger partial charge in [-0.2, -0.15) is 0 Å². The maximum Gasteiger partial charge on any atom is 0.263 e. The van der Waals surface area contributed by atoms with E-state index in [1.807, 2.05) is 48.7 Å². The Morgan fingerprint density at radius 2 is 1.79 bits per heavy atom. The largest absolute Gasteiger partial charge is 0.484 e. The van der Waals surface area contributed by atoms with Crippen LogP contribution in [-0.4, -0.2) is 30.6 Å². The molecule has 5 nitrogen and oxygen atoms in total. The first-order valence-electron chi connectivity index (χ1n) is 8.50. The number of hydrogen-bond acceptors (Lipinski definition) is 4. The average molecular weight is 325 g/mol. The van der Waals surface area contributed by atoms with E-state index in [4.69, 9.17) is 4.74 Å². The summed E-state index contributed by atoms with van der Waals surface area (Å²) in [6.07, 6.45) is 6.91. The SMILES string of the molecule is O=C(COc1ccccc1)Nc1ccc(N2CCCCCC2)cn1. The monoisotopic (exact) mass is 325 g/mol. The fourth-order valence-corrected chi connectivity index (χ4v) is 2.82. The van der Waals surface area contributed by atoms with E-state index < -0.39 is 0 Å². The minimum atomic E-state index is -0.214. The molecule has 0 bridgehead atoms. The highest BCUT2D eigenvalue weighted by Gasteiger charge is 2.11. The van der Waals surface area contributed by atoms with Crippen LogP contribution in [0.1, 0.15) is 25.7 Å². The zero-order chi connectivity index (χ0) is 16.6. The van der Waals surface area contributed by atoms with Crippen molar-refractivity contribution in [2.45, 2.75) is 25.7 Å². The first kappa shape index (κ1) is 16.3. The van der Waals surface area contributed by atoms with E-state index in [2.05, 4.69) is 15.2 Å². The van der Waals surface area contributed by atoms with Crippen molar-refractivity contribution in [3.05, 3.63) is 48.7 Å². The van der Waals surface area contributed by atoms with Crippen molar-refractivity contribution in [2.24, 2.45) is 0 Å². The molecule has 0 aliphatic carbocycles. The van der Waals surface area contributed by atoms with Crippen LogP contribution in [0.25, 0.3) is 0 Å². The van der Waals surface area contributed by atoms with Gasteiger partial charge in [-0.05, 0) is 37.1 Å². The van der Waals surface area contributed by atoms with Crippen LogP contribution in [-0.2, 0) is 4.79 Å². The van der Waals surface area contributed by atoms with E-state index >= 15 is 0 Å². The number of para-hydroxylation sites is 1. The number of amides is 1. The molecule has 1 aliphatic rings. The van der Waals surface area contributed by atoms with Crippen LogP contribution < -0.4 is 15.0 Å². The summed E-state index contributed by atoms with van der Waals surface area (Å²) in [4.78, 5) is 18.6. The maximum atomic E-state index is 11.9. The third-order valence-corrected chi connectivity index (χ3v) is 4.10. The molecule has 1 amide bonds. The number of nitrogens with zero attached hydrogens (tertiary/aromatic N) is 2. The molecule has 126 valence electrons. The molecule has 1 aliphatic heterocycles. The molecule has 0 saturated carbocycles. The molecule has 1 aromatic heterocycles. The molecule has 1 N–H and O–H groups in total. The van der Waals surface area contributed by atoms with Crippen molar-refractivity contribution in [1.29, 1.82) is 0 Å². The maximum absolute atomic E-state index is 11.9. The highest BCUT2D eigenvalue weighted by atomic mass is 16.5. The normalized spacial score (nSPS) is 14.8. The van der Waals surface area contributed by atoms with E-state index in [0.717, 1.165) is 18.8 Å². The van der Waals surface area contributed by atoms with Crippen LogP contribution in [0.5, 0.6) is 5.75 Å². The predicted octanol–water partition coefficient (Wildman–Crippen LogP) is 3.48. The Morgan fingerprint density at radius 3 is 2.46 bits per heavy atom. The number of hydrogen-bond donors (Lipinski definition) is 1. The predicted molar refractivity (Wildman–Crippen MR) is 95.5 cm³/mol. The zero-order valence-electron chi connectivity index (χ0n) is 13.8. The highest BCUT2D eigenvalue weighted by Crippen LogP contribution is 2.19. The Kier molecular flexibility index (Phi) is 5.66. The van der Waals surface area contributed by atoms with E-state index in [1.165, 1.54) is 25.7 Å². The number of aromatic nitrogens is 1. The summed E-state index contributed by atoms with van der Waals surface area (Å²) in [6.45, 7) is 2.14. The van der Waals surface area contributed by atoms with Crippen LogP contribution in [0.4, 0.5) is 11.5 Å². The first-order valence-corrected chi connectivity index (χ1v) is 8.50. The smallest absolute Gasteiger partial charge is 0.263 e. The van der Waals surface area contributed by atoms with Crippen LogP contribution in [0.15, 0.2) is 48.7 Å². The van der Waals surface area contributed by atoms with Crippen molar-refractivity contribution >= 4 is 17.4 Å². The third kappa shape index (κ3) is 4.72. The van der Waals surface area contributed by atoms with Gasteiger partial charge in [-0.3, -0.25) is 4.79 Å². The second-order valence-electron chi connectivity index (χ2n) is 5.95. The van der Waals surface area contributed by atoms with Gasteiger partial charge in [0.2, 0.25) is 0 Å². The first-order chi connectivity index (χ1) is 11.8. The van der Waals surface area contributed by atoms with Crippen molar-refractivity contribution in [3.63, 3.8) is 0 Å². The molecule has 2 heterocycles. The van der Waals surface area contributed by atoms with Gasteiger partial charge in [-0.1, -0.05) is 31.0 Å². The summed E-state index contributed by atoms with van der Waals surface area (Å²) in [7, 11) is 0. The topological polar surface area (TPSA) is 54.5 Å². The van der Waals surface area contributed by atoms with Crippen LogP contribution >= 0.6 is 0 Å². The zero-order valence-corrected chi connectivity index (χ0v) is 13.8. The van der Waals surface area contributed by atoms with Crippen LogP contribution in [0.3, 0.4) is 0 Å². The van der Waals surface area contributed by atoms with Gasteiger partial charge in [-0.15, -0.1) is 0 Å². The Hall–Kier alpha value is -2.56. The Bertz CT molecular complexity index is 635. The molecule has 0 unspecified atom stereocenters. The molecule has 0 radical (unpaired) electrons. The van der Waals surface area contributed by atoms with Gasteiger partial charge in [0, 0.05) is 13.1 Å². The number of anilines is 2. The molecule has 1 fully saturated rings. The molecule has 0 atom stereocenters. The highest BCUT2D eigenvalue weighted by molar-refractivity contribution is 5.91. The molecular formula is C19H23N3O2. The Morgan fingerprint density at radius 1 is 1.04 bits per heavy atom. The number of ether oxygens (including phenoxy) is 1. The third-order valence-electron chi connectivity index (χ3n) is 4.10. The molecule has 0 spiro atoms. The lowest BCUT2D eigenvalue weighted by molar-refractivity contribution is -0.118. The lowest BCUT2D eigenvalue weighted by Crippen LogP contribution is -2.24. The molecule has 1 aromatic carbocycles. The lowest BCUT2D eigenvalue weighted by atomic mass is 10.2. The number of rotatable bonds is 5. The van der Waals surface area contributed by atoms with E-state index in [0.29, 0.717) is 11.6 Å². The lowest BCUT2D eigenvalue weighted by Gasteiger charge is -2.22. The van der Waals surface area contributed by atoms with Gasteiger partial charge in [0.05, 0.1) is 11.9 Å². The van der Waals surface area contributed by atoms with Gasteiger partial charge >= 0.3 is 0 Å². The summed E-state index contributed by atoms with van der Waals surface area (Å²) in [5, 5.41) is 2.76. The molecule has 5 heteroatoms. The quantitative estimate of drug-likeness (QED) is 0.914. The Labute approximate surface area is 142 Å². The molecular weight excluding hydrogens is 302 g/mol. The summed E-state index contributed by atoms with van der Waals surface area (Å²) >= 11 is 0. The van der Waals surface area contributed by atoms with Gasteiger partial charge < -0.3 is 15.0 Å². The average Bonchev–Trinajstić information content (AvgIpc) is 2.91. The van der Waals surface area contributed by atoms with Crippen molar-refractivity contribution in [2.75, 3.05) is 29.9 Å². The fraction of sp³-hybridized carbons (Fsp3) is 0.368. The number of carbonyl (C=O) groups excluding carboxylic acids is 1. The Balaban J connectivity index is 1.51. The van der Waals surface area contributed by atoms with E-state index in [9.17, 15) is 4.79 Å². The van der Waals surface area contributed by atoms with Gasteiger partial charge in [0.15, 0.2) is 6.61 Å². The molecule has 24 heavy (non-hydrogen) atoms. The minimum Gasteiger partial charge on any atom is -0.484 e. The molecule has 3 rings (SSSR count). The van der Waals surface area contributed by atoms with Crippen LogP contribution in [0, 0.1) is 0 Å². The van der Waals surface area contributed by atoms with E-state index in [1.54, 1.807) is 0 Å². The number of carbonyl (C=O) groups is 1. The van der Waals surface area contributed by atoms with Gasteiger partial charge in [0.25, 0.3) is 5.91 Å². The van der Waals surface area contributed by atoms with Crippen molar-refractivity contribution in [1.82, 2.24) is 4.98 Å². The van der Waals surface area contributed by atoms with Crippen molar-refractivity contribution < 1.29 is 9.53 Å². The second-order valence-corrected chi connectivity index (χ2v) is 5.95. The second kappa shape index (κ2) is 8.34. The van der Waals surface area contributed by atoms with E-state index in [-0.39, 0.29) is 12.5 Å². The summed E-state index contributed by atoms with van der Waals surface area (Å²) < 4.78 is 5.42. The van der Waals surface area contributed by atoms with Crippen molar-refractivity contribution in [3.8, 4) is 5.75 Å². The molecule has 2 aromatic rings. The molecule has 1 saturated heterocycles. The van der Waals surface area contributed by atoms with Crippen LogP contribution in [0.2, 0.25) is 0 Å². The van der Waals surface area contributed by atoms with Gasteiger partial charge in [-0.25, -0.2) is 4.98 Å². The number of benzene rings is 1. The fourth-order valence-electron chi connectivity index (χ4n) is 2.82. The number of nitrogens with one attached hydrogen (secondary N) is 1. The minimum absolute atomic E-state index is 0.0282. The van der Waals surface area contributed by atoms with Gasteiger partial charge in [0.1, 0.15) is 11.6 Å². The summed E-state index contributed by atoms with van der Waals surface area (Å²) in [5.74, 6) is 1.02. The standard InChI is InChI=1S/C19H23N3O2/c23-19(15-24-17-8-4-3-5-9-17)21-18-11-10-16(14-20-18)22-12-6-1-2-7-13-22/h3-5,8-11,14H,1-2,6-7,12-13,15H2,(H,20,21,23). The number of pyridine rings is 1. The summed E-state index contributed by atoms with van der Waals surface area (Å²) in [5.41, 5.74) is 1.12. The summed E-state index contributed by atoms with van der Waals surface area (Å²) in [6, 6.07) is 13.2.